The lowest BCUT2D eigenvalue weighted by Gasteiger charge is -2.15. The monoisotopic (exact) mass is 392 g/mol. The molecule has 3 heterocycles. The first kappa shape index (κ1) is 17.1. The summed E-state index contributed by atoms with van der Waals surface area (Å²) in [5.41, 5.74) is 1.66. The maximum Gasteiger partial charge on any atom is 0.240 e. The fourth-order valence-corrected chi connectivity index (χ4v) is 4.85. The van der Waals surface area contributed by atoms with E-state index in [0.717, 1.165) is 16.3 Å². The Morgan fingerprint density at radius 2 is 2.23 bits per heavy atom. The van der Waals surface area contributed by atoms with Gasteiger partial charge in [0.15, 0.2) is 0 Å². The number of sulfonamides is 1. The zero-order chi connectivity index (χ0) is 18.3. The van der Waals surface area contributed by atoms with Gasteiger partial charge in [-0.05, 0) is 30.2 Å². The number of nitrogens with zero attached hydrogens (tertiary/aromatic N) is 5. The zero-order valence-corrected chi connectivity index (χ0v) is 15.5. The van der Waals surface area contributed by atoms with Crippen LogP contribution in [0.2, 0.25) is 0 Å². The van der Waals surface area contributed by atoms with Crippen molar-refractivity contribution in [3.63, 3.8) is 0 Å². The molecular formula is C15H16N6O3S2. The van der Waals surface area contributed by atoms with Crippen molar-refractivity contribution in [1.29, 1.82) is 0 Å². The Hall–Kier alpha value is -2.37. The first-order valence-corrected chi connectivity index (χ1v) is 10.3. The molecule has 4 rings (SSSR count). The van der Waals surface area contributed by atoms with Gasteiger partial charge in [0.1, 0.15) is 11.3 Å². The minimum Gasteiger partial charge on any atom is -0.312 e. The van der Waals surface area contributed by atoms with Gasteiger partial charge in [0, 0.05) is 32.1 Å². The van der Waals surface area contributed by atoms with Crippen molar-refractivity contribution < 1.29 is 13.2 Å². The molecule has 1 aromatic carbocycles. The summed E-state index contributed by atoms with van der Waals surface area (Å²) in [6.07, 6.45) is 2.63. The van der Waals surface area contributed by atoms with E-state index in [0.29, 0.717) is 24.3 Å². The second kappa shape index (κ2) is 6.41. The summed E-state index contributed by atoms with van der Waals surface area (Å²) in [6.45, 7) is 2.33. The van der Waals surface area contributed by atoms with Crippen LogP contribution in [0.1, 0.15) is 17.5 Å². The molecule has 0 saturated carbocycles. The molecule has 0 unspecified atom stereocenters. The molecule has 3 aromatic rings. The van der Waals surface area contributed by atoms with Crippen LogP contribution in [0.3, 0.4) is 0 Å². The minimum absolute atomic E-state index is 0.0394. The highest BCUT2D eigenvalue weighted by atomic mass is 32.2. The highest BCUT2D eigenvalue weighted by Gasteiger charge is 2.24. The Bertz CT molecular complexity index is 1060. The van der Waals surface area contributed by atoms with Crippen molar-refractivity contribution in [2.24, 2.45) is 0 Å². The molecule has 1 aliphatic rings. The Labute approximate surface area is 153 Å². The summed E-state index contributed by atoms with van der Waals surface area (Å²) in [5.74, 6) is -0.0394. The molecule has 1 aliphatic heterocycles. The highest BCUT2D eigenvalue weighted by molar-refractivity contribution is 7.89. The minimum atomic E-state index is -3.62. The van der Waals surface area contributed by atoms with Crippen LogP contribution in [0.25, 0.3) is 4.96 Å². The van der Waals surface area contributed by atoms with Gasteiger partial charge in [0.25, 0.3) is 0 Å². The molecule has 2 aromatic heterocycles. The van der Waals surface area contributed by atoms with E-state index in [2.05, 4.69) is 20.0 Å². The van der Waals surface area contributed by atoms with E-state index in [1.807, 2.05) is 0 Å². The standard InChI is InChI=1S/C15H16N6O3S2/c1-10(22)20-7-5-11-8-12(2-3-13(11)20)26(23,24)17-6-4-14-19-21-9-16-18-15(21)25-14/h2-3,8-9,17H,4-7H2,1H3. The number of rotatable bonds is 5. The number of hydrogen-bond donors (Lipinski definition) is 1. The predicted octanol–water partition coefficient (Wildman–Crippen LogP) is 0.616. The fraction of sp³-hybridized carbons (Fsp3) is 0.333. The molecule has 0 radical (unpaired) electrons. The van der Waals surface area contributed by atoms with E-state index in [1.165, 1.54) is 30.7 Å². The first-order valence-electron chi connectivity index (χ1n) is 8.00. The molecule has 0 atom stereocenters. The fourth-order valence-electron chi connectivity index (χ4n) is 2.95. The number of benzene rings is 1. The molecule has 136 valence electrons. The lowest BCUT2D eigenvalue weighted by molar-refractivity contribution is -0.116. The van der Waals surface area contributed by atoms with Crippen molar-refractivity contribution >= 4 is 37.9 Å². The SMILES string of the molecule is CC(=O)N1CCc2cc(S(=O)(=O)NCCc3nn4cnnc4s3)ccc21. The van der Waals surface area contributed by atoms with Crippen molar-refractivity contribution in [3.8, 4) is 0 Å². The molecule has 0 fully saturated rings. The largest absolute Gasteiger partial charge is 0.312 e. The second-order valence-corrected chi connectivity index (χ2v) is 8.72. The third-order valence-corrected chi connectivity index (χ3v) is 6.63. The smallest absolute Gasteiger partial charge is 0.240 e. The molecular weight excluding hydrogens is 376 g/mol. The lowest BCUT2D eigenvalue weighted by Crippen LogP contribution is -2.26. The summed E-state index contributed by atoms with van der Waals surface area (Å²) in [5, 5.41) is 12.7. The van der Waals surface area contributed by atoms with E-state index in [1.54, 1.807) is 21.5 Å². The van der Waals surface area contributed by atoms with Crippen LogP contribution >= 0.6 is 11.3 Å². The van der Waals surface area contributed by atoms with E-state index < -0.39 is 10.0 Å². The normalized spacial score (nSPS) is 14.1. The topological polar surface area (TPSA) is 110 Å². The number of hydrogen-bond acceptors (Lipinski definition) is 7. The van der Waals surface area contributed by atoms with Gasteiger partial charge in [-0.25, -0.2) is 13.1 Å². The maximum absolute atomic E-state index is 12.5. The average Bonchev–Trinajstić information content (AvgIpc) is 3.27. The van der Waals surface area contributed by atoms with Crippen LogP contribution in [-0.2, 0) is 27.7 Å². The Balaban J connectivity index is 1.45. The lowest BCUT2D eigenvalue weighted by atomic mass is 10.2. The van der Waals surface area contributed by atoms with Crippen molar-refractivity contribution in [1.82, 2.24) is 24.5 Å². The highest BCUT2D eigenvalue weighted by Crippen LogP contribution is 2.30. The number of aromatic nitrogens is 4. The number of fused-ring (bicyclic) bond motifs is 2. The van der Waals surface area contributed by atoms with Crippen LogP contribution in [0.5, 0.6) is 0 Å². The maximum atomic E-state index is 12.5. The van der Waals surface area contributed by atoms with Gasteiger partial charge in [-0.2, -0.15) is 9.61 Å². The van der Waals surface area contributed by atoms with Crippen molar-refractivity contribution in [2.45, 2.75) is 24.7 Å². The Morgan fingerprint density at radius 1 is 1.38 bits per heavy atom. The second-order valence-electron chi connectivity index (χ2n) is 5.91. The number of nitrogens with one attached hydrogen (secondary N) is 1. The molecule has 11 heteroatoms. The summed E-state index contributed by atoms with van der Waals surface area (Å²) in [4.78, 5) is 14.1. The molecule has 0 bridgehead atoms. The van der Waals surface area contributed by atoms with E-state index >= 15 is 0 Å². The third kappa shape index (κ3) is 3.08. The van der Waals surface area contributed by atoms with Gasteiger partial charge in [0.05, 0.1) is 4.90 Å². The van der Waals surface area contributed by atoms with Gasteiger partial charge < -0.3 is 4.90 Å². The van der Waals surface area contributed by atoms with Gasteiger partial charge >= 0.3 is 0 Å². The van der Waals surface area contributed by atoms with E-state index in [4.69, 9.17) is 0 Å². The van der Waals surface area contributed by atoms with Crippen LogP contribution in [-0.4, -0.2) is 47.2 Å². The summed E-state index contributed by atoms with van der Waals surface area (Å²) in [7, 11) is -3.62. The summed E-state index contributed by atoms with van der Waals surface area (Å²) < 4.78 is 29.2. The molecule has 0 aliphatic carbocycles. The Morgan fingerprint density at radius 3 is 3.00 bits per heavy atom. The van der Waals surface area contributed by atoms with E-state index in [-0.39, 0.29) is 17.3 Å². The molecule has 0 spiro atoms. The first-order chi connectivity index (χ1) is 12.4. The van der Waals surface area contributed by atoms with Gasteiger partial charge in [-0.1, -0.05) is 11.3 Å². The van der Waals surface area contributed by atoms with Gasteiger partial charge in [-0.15, -0.1) is 10.2 Å². The number of anilines is 1. The van der Waals surface area contributed by atoms with E-state index in [9.17, 15) is 13.2 Å². The number of carbonyl (C=O) groups is 1. The number of amides is 1. The molecule has 26 heavy (non-hydrogen) atoms. The predicted molar refractivity (Wildman–Crippen MR) is 95.7 cm³/mol. The molecule has 0 saturated heterocycles. The van der Waals surface area contributed by atoms with Crippen LogP contribution in [0.4, 0.5) is 5.69 Å². The number of carbonyl (C=O) groups excluding carboxylic acids is 1. The van der Waals surface area contributed by atoms with Gasteiger partial charge in [0.2, 0.25) is 20.9 Å². The molecule has 1 N–H and O–H groups in total. The van der Waals surface area contributed by atoms with Crippen molar-refractivity contribution in [2.75, 3.05) is 18.0 Å². The summed E-state index contributed by atoms with van der Waals surface area (Å²) in [6, 6.07) is 4.87. The molecule has 1 amide bonds. The quantitative estimate of drug-likeness (QED) is 0.682. The summed E-state index contributed by atoms with van der Waals surface area (Å²) >= 11 is 1.38. The van der Waals surface area contributed by atoms with Crippen LogP contribution in [0, 0.1) is 0 Å². The third-order valence-electron chi connectivity index (χ3n) is 4.20. The molecule has 9 nitrogen and oxygen atoms in total. The Kier molecular flexibility index (Phi) is 4.21. The van der Waals surface area contributed by atoms with Crippen molar-refractivity contribution in [3.05, 3.63) is 35.1 Å². The average molecular weight is 392 g/mol. The van der Waals surface area contributed by atoms with Crippen LogP contribution < -0.4 is 9.62 Å². The van der Waals surface area contributed by atoms with Gasteiger partial charge in [-0.3, -0.25) is 4.79 Å². The zero-order valence-electron chi connectivity index (χ0n) is 13.9. The van der Waals surface area contributed by atoms with Crippen LogP contribution in [0.15, 0.2) is 29.4 Å².